The molecule has 1 aliphatic rings. The average Bonchev–Trinajstić information content (AvgIpc) is 3.85. The molecular formula is C41H69O9P. The smallest absolute Gasteiger partial charge is 0.462 e. The van der Waals surface area contributed by atoms with Gasteiger partial charge in [-0.3, -0.25) is 14.1 Å². The molecule has 0 aromatic carbocycles. The zero-order valence-electron chi connectivity index (χ0n) is 31.7. The monoisotopic (exact) mass is 736 g/mol. The number of unbranched alkanes of at least 4 members (excludes halogenated alkanes) is 11. The highest BCUT2D eigenvalue weighted by atomic mass is 31.2. The number of hydrogen-bond acceptors (Lipinski definition) is 7. The van der Waals surface area contributed by atoms with Crippen molar-refractivity contribution in [3.8, 4) is 0 Å². The van der Waals surface area contributed by atoms with Crippen molar-refractivity contribution >= 4 is 19.8 Å². The van der Waals surface area contributed by atoms with Crippen LogP contribution in [0.5, 0.6) is 0 Å². The van der Waals surface area contributed by atoms with E-state index in [0.29, 0.717) is 25.0 Å². The summed E-state index contributed by atoms with van der Waals surface area (Å²) >= 11 is 0. The van der Waals surface area contributed by atoms with Crippen molar-refractivity contribution in [3.05, 3.63) is 60.8 Å². The van der Waals surface area contributed by atoms with Crippen LogP contribution in [-0.2, 0) is 32.9 Å². The van der Waals surface area contributed by atoms with Gasteiger partial charge in [0, 0.05) is 12.8 Å². The molecule has 0 aliphatic carbocycles. The zero-order valence-corrected chi connectivity index (χ0v) is 32.6. The van der Waals surface area contributed by atoms with E-state index in [-0.39, 0.29) is 19.4 Å². The molecule has 1 rings (SSSR count). The summed E-state index contributed by atoms with van der Waals surface area (Å²) in [6.45, 7) is 3.49. The average molecular weight is 737 g/mol. The molecule has 9 nitrogen and oxygen atoms in total. The molecule has 3 atom stereocenters. The number of allylic oxidation sites excluding steroid dienone is 9. The van der Waals surface area contributed by atoms with Crippen LogP contribution in [0.2, 0.25) is 0 Å². The Morgan fingerprint density at radius 1 is 0.647 bits per heavy atom. The van der Waals surface area contributed by atoms with E-state index in [0.717, 1.165) is 96.3 Å². The van der Waals surface area contributed by atoms with Crippen molar-refractivity contribution < 1.29 is 42.7 Å². The van der Waals surface area contributed by atoms with Crippen LogP contribution in [0.4, 0.5) is 0 Å². The van der Waals surface area contributed by atoms with Crippen LogP contribution in [0.1, 0.15) is 155 Å². The summed E-state index contributed by atoms with van der Waals surface area (Å²) in [4.78, 5) is 42.8. The van der Waals surface area contributed by atoms with E-state index in [2.05, 4.69) is 79.1 Å². The lowest BCUT2D eigenvalue weighted by Crippen LogP contribution is -2.29. The summed E-state index contributed by atoms with van der Waals surface area (Å²) in [6, 6.07) is 0. The summed E-state index contributed by atoms with van der Waals surface area (Å²) in [6.07, 6.45) is 42.4. The van der Waals surface area contributed by atoms with Gasteiger partial charge in [-0.25, -0.2) is 4.57 Å². The number of carbonyl (C=O) groups is 2. The third-order valence-electron chi connectivity index (χ3n) is 8.44. The largest absolute Gasteiger partial charge is 0.469 e. The quantitative estimate of drug-likeness (QED) is 0.0218. The Balaban J connectivity index is 2.11. The highest BCUT2D eigenvalue weighted by Crippen LogP contribution is 2.36. The molecule has 0 aromatic heterocycles. The maximum Gasteiger partial charge on any atom is 0.469 e. The summed E-state index contributed by atoms with van der Waals surface area (Å²) in [5, 5.41) is 0. The first-order valence-corrected chi connectivity index (χ1v) is 21.2. The van der Waals surface area contributed by atoms with Gasteiger partial charge in [-0.15, -0.1) is 0 Å². The van der Waals surface area contributed by atoms with E-state index in [9.17, 15) is 14.2 Å². The second kappa shape index (κ2) is 32.4. The highest BCUT2D eigenvalue weighted by Gasteiger charge is 2.36. The molecule has 2 N–H and O–H groups in total. The Morgan fingerprint density at radius 2 is 1.20 bits per heavy atom. The van der Waals surface area contributed by atoms with Gasteiger partial charge in [-0.1, -0.05) is 126 Å². The molecule has 51 heavy (non-hydrogen) atoms. The normalized spacial score (nSPS) is 17.1. The minimum absolute atomic E-state index is 0.180. The Kier molecular flexibility index (Phi) is 29.7. The van der Waals surface area contributed by atoms with Crippen molar-refractivity contribution in [1.29, 1.82) is 0 Å². The maximum absolute atomic E-state index is 12.4. The number of epoxide rings is 1. The number of rotatable bonds is 34. The lowest BCUT2D eigenvalue weighted by atomic mass is 10.1. The van der Waals surface area contributed by atoms with Gasteiger partial charge in [-0.05, 0) is 77.0 Å². The molecule has 1 saturated heterocycles. The van der Waals surface area contributed by atoms with Gasteiger partial charge in [-0.2, -0.15) is 0 Å². The maximum atomic E-state index is 12.4. The molecule has 0 bridgehead atoms. The van der Waals surface area contributed by atoms with E-state index in [4.69, 9.17) is 24.0 Å². The number of phosphoric ester groups is 1. The zero-order chi connectivity index (χ0) is 37.3. The van der Waals surface area contributed by atoms with Crippen LogP contribution < -0.4 is 0 Å². The van der Waals surface area contributed by atoms with Gasteiger partial charge >= 0.3 is 19.8 Å². The summed E-state index contributed by atoms with van der Waals surface area (Å²) in [7, 11) is -4.77. The third kappa shape index (κ3) is 32.1. The van der Waals surface area contributed by atoms with Crippen LogP contribution >= 0.6 is 7.82 Å². The topological polar surface area (TPSA) is 132 Å². The Morgan fingerprint density at radius 3 is 1.84 bits per heavy atom. The first-order chi connectivity index (χ1) is 24.7. The fraction of sp³-hybridized carbons (Fsp3) is 0.707. The van der Waals surface area contributed by atoms with E-state index in [1.165, 1.54) is 19.3 Å². The molecular weight excluding hydrogens is 667 g/mol. The highest BCUT2D eigenvalue weighted by molar-refractivity contribution is 7.46. The first-order valence-electron chi connectivity index (χ1n) is 19.7. The summed E-state index contributed by atoms with van der Waals surface area (Å²) in [5.74, 6) is -0.941. The second-order valence-electron chi connectivity index (χ2n) is 13.3. The molecule has 292 valence electrons. The number of esters is 2. The summed E-state index contributed by atoms with van der Waals surface area (Å²) < 4.78 is 32.1. The van der Waals surface area contributed by atoms with Gasteiger partial charge in [0.25, 0.3) is 0 Å². The Bertz CT molecular complexity index is 1080. The van der Waals surface area contributed by atoms with E-state index in [1.807, 2.05) is 0 Å². The Hall–Kier alpha value is -2.29. The van der Waals surface area contributed by atoms with Gasteiger partial charge in [0.1, 0.15) is 6.61 Å². The first kappa shape index (κ1) is 46.7. The van der Waals surface area contributed by atoms with E-state index < -0.39 is 32.5 Å². The molecule has 1 heterocycles. The van der Waals surface area contributed by atoms with Crippen LogP contribution in [0.15, 0.2) is 60.8 Å². The second-order valence-corrected chi connectivity index (χ2v) is 14.5. The van der Waals surface area contributed by atoms with Gasteiger partial charge in [0.15, 0.2) is 6.10 Å². The molecule has 0 saturated carbocycles. The molecule has 0 radical (unpaired) electrons. The van der Waals surface area contributed by atoms with Crippen LogP contribution in [-0.4, -0.2) is 53.3 Å². The molecule has 1 aliphatic heterocycles. The van der Waals surface area contributed by atoms with Gasteiger partial charge in [0.2, 0.25) is 0 Å². The minimum atomic E-state index is -4.77. The van der Waals surface area contributed by atoms with Gasteiger partial charge < -0.3 is 24.0 Å². The predicted octanol–water partition coefficient (Wildman–Crippen LogP) is 10.7. The number of phosphoric acid groups is 1. The van der Waals surface area contributed by atoms with Crippen LogP contribution in [0, 0.1) is 0 Å². The van der Waals surface area contributed by atoms with Crippen LogP contribution in [0.25, 0.3) is 0 Å². The molecule has 2 unspecified atom stereocenters. The van der Waals surface area contributed by atoms with Crippen LogP contribution in [0.3, 0.4) is 0 Å². The number of hydrogen-bond donors (Lipinski definition) is 2. The number of carbonyl (C=O) groups excluding carboxylic acids is 2. The molecule has 10 heteroatoms. The third-order valence-corrected chi connectivity index (χ3v) is 8.93. The minimum Gasteiger partial charge on any atom is -0.462 e. The lowest BCUT2D eigenvalue weighted by molar-refractivity contribution is -0.161. The lowest BCUT2D eigenvalue weighted by Gasteiger charge is -2.18. The summed E-state index contributed by atoms with van der Waals surface area (Å²) in [5.41, 5.74) is 0. The van der Waals surface area contributed by atoms with Crippen molar-refractivity contribution in [2.75, 3.05) is 13.2 Å². The molecule has 0 amide bonds. The van der Waals surface area contributed by atoms with Gasteiger partial charge in [0.05, 0.1) is 18.8 Å². The molecule has 0 spiro atoms. The van der Waals surface area contributed by atoms with E-state index in [1.54, 1.807) is 0 Å². The SMILES string of the molecule is CC/C=C\C/C=C\C/C=C\C/C=C\CCCCCCC(=O)OC[C@H](COP(=O)(O)O)OC(=O)CCCCCCCC1OC1C/C=C\CCCCC. The van der Waals surface area contributed by atoms with Crippen molar-refractivity contribution in [3.63, 3.8) is 0 Å². The van der Waals surface area contributed by atoms with Crippen molar-refractivity contribution in [1.82, 2.24) is 0 Å². The molecule has 0 aromatic rings. The Labute approximate surface area is 309 Å². The van der Waals surface area contributed by atoms with E-state index >= 15 is 0 Å². The van der Waals surface area contributed by atoms with Crippen molar-refractivity contribution in [2.24, 2.45) is 0 Å². The number of ether oxygens (including phenoxy) is 3. The fourth-order valence-corrected chi connectivity index (χ4v) is 5.79. The standard InChI is InChI=1S/C41H69O9P/c1-3-5-7-9-11-12-13-14-15-16-17-18-19-20-21-25-29-33-40(42)47-35-37(36-48-51(44,45)46)49-41(43)34-30-26-22-24-28-32-39-38(50-39)31-27-23-10-8-6-4-2/h5,7,11-12,14-15,17-18,23,27,37-39H,3-4,6,8-10,13,16,19-22,24-26,28-36H2,1-2H3,(H2,44,45,46)/b7-5-,12-11-,15-14-,18-17-,27-23-/t37-,38?,39?/m1/s1. The molecule has 1 fully saturated rings. The predicted molar refractivity (Wildman–Crippen MR) is 206 cm³/mol. The fourth-order valence-electron chi connectivity index (χ4n) is 5.43. The van der Waals surface area contributed by atoms with Crippen molar-refractivity contribution in [2.45, 2.75) is 173 Å².